The maximum absolute atomic E-state index is 11.8. The molecule has 1 aromatic carbocycles. The van der Waals surface area contributed by atoms with Gasteiger partial charge in [-0.1, -0.05) is 22.9 Å². The van der Waals surface area contributed by atoms with E-state index in [2.05, 4.69) is 21.2 Å². The fraction of sp³-hybridized carbons (Fsp3) is 0.429. The van der Waals surface area contributed by atoms with Gasteiger partial charge in [0.15, 0.2) is 0 Å². The first-order chi connectivity index (χ1) is 9.55. The molecule has 1 aromatic rings. The van der Waals surface area contributed by atoms with Crippen molar-refractivity contribution < 1.29 is 14.3 Å². The third-order valence-electron chi connectivity index (χ3n) is 3.36. The molecule has 0 spiro atoms. The van der Waals surface area contributed by atoms with E-state index in [-0.39, 0.29) is 24.4 Å². The number of ether oxygens (including phenoxy) is 1. The van der Waals surface area contributed by atoms with Gasteiger partial charge >= 0.3 is 0 Å². The van der Waals surface area contributed by atoms with Gasteiger partial charge in [0.1, 0.15) is 5.75 Å². The first-order valence-corrected chi connectivity index (χ1v) is 7.24. The summed E-state index contributed by atoms with van der Waals surface area (Å²) in [6.45, 7) is 2.66. The number of benzene rings is 1. The summed E-state index contributed by atoms with van der Waals surface area (Å²) >= 11 is 3.43. The largest absolute Gasteiger partial charge is 0.496 e. The molecule has 1 unspecified atom stereocenters. The standard InChI is InChI=1S/C14H17BrN2O3/c1-3-11-14(19)16-13(18)8-17(11)7-9-6-10(15)4-5-12(9)20-2/h4-6,11H,3,7-8H2,1-2H3,(H,16,18,19). The number of methoxy groups -OCH3 is 1. The predicted molar refractivity (Wildman–Crippen MR) is 78.3 cm³/mol. The molecule has 1 fully saturated rings. The minimum Gasteiger partial charge on any atom is -0.496 e. The fourth-order valence-electron chi connectivity index (χ4n) is 2.42. The molecule has 0 aromatic heterocycles. The second-order valence-electron chi connectivity index (χ2n) is 4.70. The Balaban J connectivity index is 2.25. The quantitative estimate of drug-likeness (QED) is 0.847. The number of amides is 2. The van der Waals surface area contributed by atoms with E-state index in [1.807, 2.05) is 30.0 Å². The molecule has 1 atom stereocenters. The fourth-order valence-corrected chi connectivity index (χ4v) is 2.83. The normalized spacial score (nSPS) is 19.9. The number of imide groups is 1. The molecular formula is C14H17BrN2O3. The van der Waals surface area contributed by atoms with Gasteiger partial charge in [-0.2, -0.15) is 0 Å². The molecule has 5 nitrogen and oxygen atoms in total. The van der Waals surface area contributed by atoms with Crippen LogP contribution in [0.3, 0.4) is 0 Å². The molecule has 0 saturated carbocycles. The first kappa shape index (κ1) is 15.0. The van der Waals surface area contributed by atoms with Crippen LogP contribution in [-0.2, 0) is 16.1 Å². The van der Waals surface area contributed by atoms with Gasteiger partial charge in [0.25, 0.3) is 0 Å². The second kappa shape index (κ2) is 6.37. The molecule has 1 heterocycles. The summed E-state index contributed by atoms with van der Waals surface area (Å²) in [5.74, 6) is 0.271. The van der Waals surface area contributed by atoms with Crippen LogP contribution in [0.15, 0.2) is 22.7 Å². The van der Waals surface area contributed by atoms with Crippen LogP contribution in [0.25, 0.3) is 0 Å². The summed E-state index contributed by atoms with van der Waals surface area (Å²) in [6, 6.07) is 5.43. The van der Waals surface area contributed by atoms with Gasteiger partial charge < -0.3 is 4.74 Å². The van der Waals surface area contributed by atoms with Crippen molar-refractivity contribution in [2.24, 2.45) is 0 Å². The van der Waals surface area contributed by atoms with Crippen LogP contribution < -0.4 is 10.1 Å². The zero-order chi connectivity index (χ0) is 14.7. The van der Waals surface area contributed by atoms with Crippen LogP contribution in [0.1, 0.15) is 18.9 Å². The lowest BCUT2D eigenvalue weighted by molar-refractivity contribution is -0.140. The van der Waals surface area contributed by atoms with Crippen molar-refractivity contribution in [3.05, 3.63) is 28.2 Å². The molecule has 1 N–H and O–H groups in total. The summed E-state index contributed by atoms with van der Waals surface area (Å²) in [5, 5.41) is 2.38. The highest BCUT2D eigenvalue weighted by Crippen LogP contribution is 2.25. The SMILES string of the molecule is CCC1C(=O)NC(=O)CN1Cc1cc(Br)ccc1OC. The average Bonchev–Trinajstić information content (AvgIpc) is 2.38. The maximum Gasteiger partial charge on any atom is 0.243 e. The Morgan fingerprint density at radius 3 is 2.85 bits per heavy atom. The van der Waals surface area contributed by atoms with Gasteiger partial charge in [0.2, 0.25) is 11.8 Å². The zero-order valence-corrected chi connectivity index (χ0v) is 13.1. The van der Waals surface area contributed by atoms with Crippen molar-refractivity contribution in [2.75, 3.05) is 13.7 Å². The van der Waals surface area contributed by atoms with Crippen molar-refractivity contribution >= 4 is 27.7 Å². The van der Waals surface area contributed by atoms with Crippen LogP contribution in [0.4, 0.5) is 0 Å². The lowest BCUT2D eigenvalue weighted by Gasteiger charge is -2.33. The Kier molecular flexibility index (Phi) is 4.77. The van der Waals surface area contributed by atoms with E-state index in [4.69, 9.17) is 4.74 Å². The third kappa shape index (κ3) is 3.19. The molecule has 20 heavy (non-hydrogen) atoms. The summed E-state index contributed by atoms with van der Waals surface area (Å²) in [7, 11) is 1.61. The maximum atomic E-state index is 11.8. The monoisotopic (exact) mass is 340 g/mol. The summed E-state index contributed by atoms with van der Waals surface area (Å²) < 4.78 is 6.27. The van der Waals surface area contributed by atoms with E-state index in [0.29, 0.717) is 13.0 Å². The van der Waals surface area contributed by atoms with E-state index in [0.717, 1.165) is 15.8 Å². The molecule has 6 heteroatoms. The van der Waals surface area contributed by atoms with E-state index < -0.39 is 0 Å². The third-order valence-corrected chi connectivity index (χ3v) is 3.85. The molecule has 0 bridgehead atoms. The van der Waals surface area contributed by atoms with Crippen molar-refractivity contribution in [3.8, 4) is 5.75 Å². The number of nitrogens with one attached hydrogen (secondary N) is 1. The van der Waals surface area contributed by atoms with Gasteiger partial charge in [-0.05, 0) is 24.6 Å². The molecule has 108 valence electrons. The van der Waals surface area contributed by atoms with E-state index in [9.17, 15) is 9.59 Å². The van der Waals surface area contributed by atoms with Crippen LogP contribution >= 0.6 is 15.9 Å². The highest BCUT2D eigenvalue weighted by molar-refractivity contribution is 9.10. The lowest BCUT2D eigenvalue weighted by atomic mass is 10.1. The molecule has 1 aliphatic heterocycles. The van der Waals surface area contributed by atoms with Crippen molar-refractivity contribution in [1.29, 1.82) is 0 Å². The van der Waals surface area contributed by atoms with Crippen LogP contribution in [0, 0.1) is 0 Å². The van der Waals surface area contributed by atoms with Crippen LogP contribution in [0.5, 0.6) is 5.75 Å². The topological polar surface area (TPSA) is 58.6 Å². The molecule has 0 aliphatic carbocycles. The number of carbonyl (C=O) groups is 2. The van der Waals surface area contributed by atoms with Gasteiger partial charge in [-0.25, -0.2) is 0 Å². The number of carbonyl (C=O) groups excluding carboxylic acids is 2. The average molecular weight is 341 g/mol. The molecule has 2 rings (SSSR count). The molecule has 0 radical (unpaired) electrons. The van der Waals surface area contributed by atoms with Crippen molar-refractivity contribution in [3.63, 3.8) is 0 Å². The minimum absolute atomic E-state index is 0.222. The number of rotatable bonds is 4. The number of nitrogens with zero attached hydrogens (tertiary/aromatic N) is 1. The number of hydrogen-bond acceptors (Lipinski definition) is 4. The summed E-state index contributed by atoms with van der Waals surface area (Å²) in [4.78, 5) is 25.3. The Morgan fingerprint density at radius 1 is 1.45 bits per heavy atom. The zero-order valence-electron chi connectivity index (χ0n) is 11.5. The van der Waals surface area contributed by atoms with Crippen LogP contribution in [-0.4, -0.2) is 36.4 Å². The molecule has 1 aliphatic rings. The van der Waals surface area contributed by atoms with Gasteiger partial charge in [-0.15, -0.1) is 0 Å². The number of hydrogen-bond donors (Lipinski definition) is 1. The van der Waals surface area contributed by atoms with Gasteiger partial charge in [0, 0.05) is 16.6 Å². The first-order valence-electron chi connectivity index (χ1n) is 6.45. The Labute approximate surface area is 126 Å². The summed E-state index contributed by atoms with van der Waals surface area (Å²) in [6.07, 6.45) is 0.662. The van der Waals surface area contributed by atoms with E-state index in [1.54, 1.807) is 7.11 Å². The molecule has 2 amide bonds. The number of halogens is 1. The Hall–Kier alpha value is -1.40. The van der Waals surface area contributed by atoms with Crippen LogP contribution in [0.2, 0.25) is 0 Å². The highest BCUT2D eigenvalue weighted by atomic mass is 79.9. The van der Waals surface area contributed by atoms with Crippen molar-refractivity contribution in [2.45, 2.75) is 25.9 Å². The van der Waals surface area contributed by atoms with Gasteiger partial charge in [-0.3, -0.25) is 19.8 Å². The van der Waals surface area contributed by atoms with Gasteiger partial charge in [0.05, 0.1) is 19.7 Å². The minimum atomic E-state index is -0.281. The summed E-state index contributed by atoms with van der Waals surface area (Å²) in [5.41, 5.74) is 0.947. The lowest BCUT2D eigenvalue weighted by Crippen LogP contribution is -2.57. The Bertz CT molecular complexity index is 533. The van der Waals surface area contributed by atoms with E-state index in [1.165, 1.54) is 0 Å². The molecular weight excluding hydrogens is 324 g/mol. The highest BCUT2D eigenvalue weighted by Gasteiger charge is 2.32. The smallest absolute Gasteiger partial charge is 0.243 e. The Morgan fingerprint density at radius 2 is 2.20 bits per heavy atom. The second-order valence-corrected chi connectivity index (χ2v) is 5.61. The predicted octanol–water partition coefficient (Wildman–Crippen LogP) is 1.69. The van der Waals surface area contributed by atoms with Crippen molar-refractivity contribution in [1.82, 2.24) is 10.2 Å². The molecule has 1 saturated heterocycles. The number of piperazine rings is 1. The van der Waals surface area contributed by atoms with E-state index >= 15 is 0 Å².